The van der Waals surface area contributed by atoms with Crippen LogP contribution in [-0.4, -0.2) is 28.0 Å². The highest BCUT2D eigenvalue weighted by atomic mass is 35.5. The zero-order valence-electron chi connectivity index (χ0n) is 13.7. The number of anilines is 2. The quantitative estimate of drug-likeness (QED) is 0.884. The number of carbonyl (C=O) groups is 1. The van der Waals surface area contributed by atoms with Crippen LogP contribution in [0, 0.1) is 0 Å². The van der Waals surface area contributed by atoms with Crippen LogP contribution in [0.2, 0.25) is 5.02 Å². The van der Waals surface area contributed by atoms with Gasteiger partial charge in [0, 0.05) is 19.2 Å². The van der Waals surface area contributed by atoms with Crippen molar-refractivity contribution in [2.45, 2.75) is 18.2 Å². The average molecular weight is 381 g/mol. The molecule has 2 aromatic carbocycles. The normalized spacial score (nSPS) is 13.5. The Morgan fingerprint density at radius 1 is 1.24 bits per heavy atom. The second kappa shape index (κ2) is 6.57. The monoisotopic (exact) mass is 380 g/mol. The number of hydrogen-bond donors (Lipinski definition) is 1. The lowest BCUT2D eigenvalue weighted by atomic mass is 10.2. The number of sulfonamides is 1. The van der Waals surface area contributed by atoms with E-state index in [2.05, 4.69) is 4.72 Å². The van der Waals surface area contributed by atoms with Crippen LogP contribution >= 0.6 is 11.6 Å². The molecule has 0 bridgehead atoms. The molecule has 1 heterocycles. The molecule has 8 heteroatoms. The molecule has 0 fully saturated rings. The number of ether oxygens (including phenoxy) is 1. The fraction of sp³-hybridized carbons (Fsp3) is 0.235. The van der Waals surface area contributed by atoms with Crippen LogP contribution < -0.4 is 14.4 Å². The number of amides is 1. The van der Waals surface area contributed by atoms with E-state index >= 15 is 0 Å². The first-order valence-corrected chi connectivity index (χ1v) is 9.45. The van der Waals surface area contributed by atoms with Gasteiger partial charge in [-0.2, -0.15) is 0 Å². The van der Waals surface area contributed by atoms with Crippen LogP contribution in [0.3, 0.4) is 0 Å². The van der Waals surface area contributed by atoms with Gasteiger partial charge in [-0.15, -0.1) is 0 Å². The van der Waals surface area contributed by atoms with Gasteiger partial charge >= 0.3 is 0 Å². The lowest BCUT2D eigenvalue weighted by molar-refractivity contribution is -0.116. The van der Waals surface area contributed by atoms with Crippen molar-refractivity contribution < 1.29 is 17.9 Å². The van der Waals surface area contributed by atoms with Gasteiger partial charge in [0.25, 0.3) is 10.0 Å². The smallest absolute Gasteiger partial charge is 0.261 e. The molecule has 0 saturated carbocycles. The van der Waals surface area contributed by atoms with Gasteiger partial charge < -0.3 is 9.64 Å². The van der Waals surface area contributed by atoms with E-state index < -0.39 is 10.0 Å². The minimum absolute atomic E-state index is 0.0552. The van der Waals surface area contributed by atoms with E-state index in [9.17, 15) is 13.2 Å². The van der Waals surface area contributed by atoms with E-state index in [4.69, 9.17) is 16.3 Å². The van der Waals surface area contributed by atoms with E-state index in [1.165, 1.54) is 26.2 Å². The summed E-state index contributed by atoms with van der Waals surface area (Å²) in [5.74, 6) is 0.409. The predicted molar refractivity (Wildman–Crippen MR) is 97.0 cm³/mol. The molecule has 1 N–H and O–H groups in total. The highest BCUT2D eigenvalue weighted by Crippen LogP contribution is 2.32. The molecule has 0 unspecified atom stereocenters. The van der Waals surface area contributed by atoms with Gasteiger partial charge in [-0.3, -0.25) is 9.52 Å². The summed E-state index contributed by atoms with van der Waals surface area (Å²) in [5.41, 5.74) is 1.95. The van der Waals surface area contributed by atoms with Crippen LogP contribution in [0.5, 0.6) is 5.75 Å². The van der Waals surface area contributed by atoms with Crippen LogP contribution in [0.15, 0.2) is 41.3 Å². The maximum atomic E-state index is 12.6. The van der Waals surface area contributed by atoms with Crippen LogP contribution in [0.25, 0.3) is 0 Å². The Morgan fingerprint density at radius 2 is 2.00 bits per heavy atom. The molecular formula is C17H17ClN2O4S. The molecule has 0 aliphatic carbocycles. The van der Waals surface area contributed by atoms with Crippen molar-refractivity contribution in [3.63, 3.8) is 0 Å². The summed E-state index contributed by atoms with van der Waals surface area (Å²) in [6, 6.07) is 9.42. The van der Waals surface area contributed by atoms with Gasteiger partial charge in [-0.1, -0.05) is 11.6 Å². The number of nitrogens with one attached hydrogen (secondary N) is 1. The summed E-state index contributed by atoms with van der Waals surface area (Å²) in [7, 11) is -2.28. The first-order chi connectivity index (χ1) is 11.8. The topological polar surface area (TPSA) is 75.7 Å². The SMILES string of the molecule is COc1ccc(NS(=O)(=O)c2ccc3c(c2)CCN3C(C)=O)cc1Cl. The third kappa shape index (κ3) is 3.43. The molecule has 0 atom stereocenters. The number of hydrogen-bond acceptors (Lipinski definition) is 4. The second-order valence-electron chi connectivity index (χ2n) is 5.67. The Balaban J connectivity index is 1.88. The Labute approximate surface area is 151 Å². The number of methoxy groups -OCH3 is 1. The van der Waals surface area contributed by atoms with Crippen molar-refractivity contribution in [2.24, 2.45) is 0 Å². The first kappa shape index (κ1) is 17.6. The van der Waals surface area contributed by atoms with E-state index in [-0.39, 0.29) is 10.8 Å². The van der Waals surface area contributed by atoms with Gasteiger partial charge in [0.1, 0.15) is 5.75 Å². The van der Waals surface area contributed by atoms with Gasteiger partial charge in [0.15, 0.2) is 0 Å². The Bertz CT molecular complexity index is 944. The fourth-order valence-corrected chi connectivity index (χ4v) is 4.17. The zero-order chi connectivity index (χ0) is 18.2. The lowest BCUT2D eigenvalue weighted by Crippen LogP contribution is -2.25. The van der Waals surface area contributed by atoms with Crippen LogP contribution in [0.1, 0.15) is 12.5 Å². The summed E-state index contributed by atoms with van der Waals surface area (Å²) >= 11 is 6.03. The van der Waals surface area contributed by atoms with Crippen LogP contribution in [-0.2, 0) is 21.2 Å². The highest BCUT2D eigenvalue weighted by molar-refractivity contribution is 7.92. The lowest BCUT2D eigenvalue weighted by Gasteiger charge is -2.15. The largest absolute Gasteiger partial charge is 0.495 e. The van der Waals surface area contributed by atoms with Gasteiger partial charge in [0.2, 0.25) is 5.91 Å². The van der Waals surface area contributed by atoms with Crippen molar-refractivity contribution in [1.29, 1.82) is 0 Å². The summed E-state index contributed by atoms with van der Waals surface area (Å²) in [6.07, 6.45) is 0.632. The second-order valence-corrected chi connectivity index (χ2v) is 7.76. The van der Waals surface area contributed by atoms with E-state index in [0.29, 0.717) is 29.4 Å². The highest BCUT2D eigenvalue weighted by Gasteiger charge is 2.25. The first-order valence-electron chi connectivity index (χ1n) is 7.59. The zero-order valence-corrected chi connectivity index (χ0v) is 15.3. The summed E-state index contributed by atoms with van der Waals surface area (Å²) < 4.78 is 32.8. The fourth-order valence-electron chi connectivity index (χ4n) is 2.82. The molecule has 6 nitrogen and oxygen atoms in total. The molecule has 0 saturated heterocycles. The van der Waals surface area contributed by atoms with Crippen molar-refractivity contribution in [3.05, 3.63) is 47.0 Å². The van der Waals surface area contributed by atoms with Crippen LogP contribution in [0.4, 0.5) is 11.4 Å². The molecular weight excluding hydrogens is 364 g/mol. The number of halogens is 1. The van der Waals surface area contributed by atoms with Gasteiger partial charge in [-0.05, 0) is 48.4 Å². The molecule has 0 spiro atoms. The number of rotatable bonds is 4. The summed E-state index contributed by atoms with van der Waals surface area (Å²) in [5, 5.41) is 0.314. The molecule has 2 aromatic rings. The van der Waals surface area contributed by atoms with Crippen molar-refractivity contribution in [1.82, 2.24) is 0 Å². The average Bonchev–Trinajstić information content (AvgIpc) is 2.98. The molecule has 1 aliphatic heterocycles. The van der Waals surface area contributed by atoms with E-state index in [1.807, 2.05) is 0 Å². The van der Waals surface area contributed by atoms with E-state index in [1.54, 1.807) is 29.2 Å². The van der Waals surface area contributed by atoms with Gasteiger partial charge in [0.05, 0.1) is 22.7 Å². The van der Waals surface area contributed by atoms with Gasteiger partial charge in [-0.25, -0.2) is 8.42 Å². The molecule has 0 radical (unpaired) electrons. The third-order valence-electron chi connectivity index (χ3n) is 4.04. The minimum Gasteiger partial charge on any atom is -0.495 e. The molecule has 0 aromatic heterocycles. The third-order valence-corrected chi connectivity index (χ3v) is 5.72. The predicted octanol–water partition coefficient (Wildman–Crippen LogP) is 3.06. The standard InChI is InChI=1S/C17H17ClN2O4S/c1-11(21)20-8-7-12-9-14(4-5-16(12)20)25(22,23)19-13-3-6-17(24-2)15(18)10-13/h3-6,9-10,19H,7-8H2,1-2H3. The maximum Gasteiger partial charge on any atom is 0.261 e. The molecule has 1 aliphatic rings. The maximum absolute atomic E-state index is 12.6. The van der Waals surface area contributed by atoms with Crippen molar-refractivity contribution in [2.75, 3.05) is 23.3 Å². The Hall–Kier alpha value is -2.25. The minimum atomic E-state index is -3.76. The van der Waals surface area contributed by atoms with E-state index in [0.717, 1.165) is 11.3 Å². The number of fused-ring (bicyclic) bond motifs is 1. The number of carbonyl (C=O) groups excluding carboxylic acids is 1. The molecule has 132 valence electrons. The molecule has 25 heavy (non-hydrogen) atoms. The Kier molecular flexibility index (Phi) is 4.62. The summed E-state index contributed by atoms with van der Waals surface area (Å²) in [4.78, 5) is 13.4. The molecule has 1 amide bonds. The number of benzene rings is 2. The summed E-state index contributed by atoms with van der Waals surface area (Å²) in [6.45, 7) is 2.06. The Morgan fingerprint density at radius 3 is 2.64 bits per heavy atom. The molecule has 3 rings (SSSR count). The van der Waals surface area contributed by atoms with Crippen molar-refractivity contribution >= 4 is 38.9 Å². The number of nitrogens with zero attached hydrogens (tertiary/aromatic N) is 1. The van der Waals surface area contributed by atoms with Crippen molar-refractivity contribution in [3.8, 4) is 5.75 Å².